The predicted octanol–water partition coefficient (Wildman–Crippen LogP) is 5.08. The lowest BCUT2D eigenvalue weighted by molar-refractivity contribution is -0.384. The third-order valence-electron chi connectivity index (χ3n) is 6.03. The van der Waals surface area contributed by atoms with Crippen LogP contribution >= 0.6 is 0 Å². The van der Waals surface area contributed by atoms with Gasteiger partial charge >= 0.3 is 0 Å². The second-order valence-corrected chi connectivity index (χ2v) is 7.79. The van der Waals surface area contributed by atoms with E-state index in [1.54, 1.807) is 24.3 Å². The summed E-state index contributed by atoms with van der Waals surface area (Å²) in [6.45, 7) is 2.52. The number of rotatable bonds is 8. The van der Waals surface area contributed by atoms with E-state index in [0.29, 0.717) is 40.5 Å². The number of nitrogens with zero attached hydrogens (tertiary/aromatic N) is 2. The molecule has 0 heterocycles. The minimum absolute atomic E-state index is 0.148. The number of nitro groups is 1. The molecule has 0 bridgehead atoms. The van der Waals surface area contributed by atoms with Gasteiger partial charge in [0.05, 0.1) is 31.8 Å². The molecule has 0 aromatic heterocycles. The largest absolute Gasteiger partial charge is 0.493 e. The molecule has 0 unspecified atom stereocenters. The van der Waals surface area contributed by atoms with Crippen LogP contribution in [0.15, 0.2) is 30.3 Å². The molecule has 2 aromatic carbocycles. The minimum atomic E-state index is -0.466. The van der Waals surface area contributed by atoms with Gasteiger partial charge in [-0.1, -0.05) is 19.3 Å². The quantitative estimate of drug-likeness (QED) is 0.418. The first-order valence-electron chi connectivity index (χ1n) is 10.8. The van der Waals surface area contributed by atoms with E-state index in [0.717, 1.165) is 25.7 Å². The Balaban J connectivity index is 2.03. The van der Waals surface area contributed by atoms with E-state index in [-0.39, 0.29) is 17.6 Å². The van der Waals surface area contributed by atoms with Crippen molar-refractivity contribution in [2.24, 2.45) is 0 Å². The molecule has 8 heteroatoms. The van der Waals surface area contributed by atoms with Gasteiger partial charge in [-0.3, -0.25) is 14.9 Å². The average Bonchev–Trinajstić information content (AvgIpc) is 2.83. The summed E-state index contributed by atoms with van der Waals surface area (Å²) in [5, 5.41) is 11.9. The van der Waals surface area contributed by atoms with Crippen LogP contribution < -0.4 is 14.2 Å². The molecule has 0 atom stereocenters. The van der Waals surface area contributed by atoms with Gasteiger partial charge in [0, 0.05) is 24.2 Å². The first kappa shape index (κ1) is 23.4. The number of hydrogen-bond donors (Lipinski definition) is 0. The molecule has 1 aliphatic rings. The van der Waals surface area contributed by atoms with E-state index in [1.165, 1.54) is 33.8 Å². The molecule has 1 saturated carbocycles. The number of carbonyl (C=O) groups is 1. The number of carbonyl (C=O) groups excluding carboxylic acids is 1. The van der Waals surface area contributed by atoms with E-state index in [1.807, 2.05) is 11.8 Å². The van der Waals surface area contributed by atoms with Crippen LogP contribution in [0.4, 0.5) is 5.69 Å². The van der Waals surface area contributed by atoms with Crippen molar-refractivity contribution in [3.05, 3.63) is 46.0 Å². The van der Waals surface area contributed by atoms with E-state index in [9.17, 15) is 14.9 Å². The highest BCUT2D eigenvalue weighted by molar-refractivity contribution is 5.96. The third kappa shape index (κ3) is 4.64. The number of methoxy groups -OCH3 is 3. The zero-order valence-corrected chi connectivity index (χ0v) is 19.1. The monoisotopic (exact) mass is 442 g/mol. The van der Waals surface area contributed by atoms with Crippen molar-refractivity contribution in [2.75, 3.05) is 27.9 Å². The van der Waals surface area contributed by atoms with Gasteiger partial charge in [-0.05, 0) is 49.6 Å². The Morgan fingerprint density at radius 3 is 2.16 bits per heavy atom. The first-order valence-corrected chi connectivity index (χ1v) is 10.8. The standard InChI is InChI=1S/C24H30N2O6/c1-5-25(18-9-7-6-8-10-18)24(27)16-11-12-19(20(13-16)26(28)29)17-14-21(30-2)23(32-4)22(15-17)31-3/h11-15,18H,5-10H2,1-4H3. The minimum Gasteiger partial charge on any atom is -0.493 e. The van der Waals surface area contributed by atoms with Crippen molar-refractivity contribution in [2.45, 2.75) is 45.1 Å². The Labute approximate surface area is 188 Å². The molecule has 1 amide bonds. The van der Waals surface area contributed by atoms with E-state index < -0.39 is 4.92 Å². The van der Waals surface area contributed by atoms with E-state index >= 15 is 0 Å². The van der Waals surface area contributed by atoms with Crippen molar-refractivity contribution in [3.63, 3.8) is 0 Å². The van der Waals surface area contributed by atoms with Gasteiger partial charge in [-0.2, -0.15) is 0 Å². The zero-order valence-electron chi connectivity index (χ0n) is 19.1. The van der Waals surface area contributed by atoms with Crippen molar-refractivity contribution in [3.8, 4) is 28.4 Å². The number of nitro benzene ring substituents is 1. The fourth-order valence-electron chi connectivity index (χ4n) is 4.42. The van der Waals surface area contributed by atoms with Gasteiger partial charge in [0.2, 0.25) is 5.75 Å². The molecule has 2 aromatic rings. The van der Waals surface area contributed by atoms with E-state index in [4.69, 9.17) is 14.2 Å². The van der Waals surface area contributed by atoms with Crippen molar-refractivity contribution in [1.29, 1.82) is 0 Å². The third-order valence-corrected chi connectivity index (χ3v) is 6.03. The molecule has 0 aliphatic heterocycles. The molecule has 1 aliphatic carbocycles. The maximum Gasteiger partial charge on any atom is 0.277 e. The van der Waals surface area contributed by atoms with Gasteiger partial charge in [-0.15, -0.1) is 0 Å². The molecule has 172 valence electrons. The van der Waals surface area contributed by atoms with Crippen LogP contribution in [0.1, 0.15) is 49.4 Å². The molecule has 0 saturated heterocycles. The molecule has 0 N–H and O–H groups in total. The molecule has 0 spiro atoms. The van der Waals surface area contributed by atoms with Crippen LogP contribution in [0.3, 0.4) is 0 Å². The molecule has 0 radical (unpaired) electrons. The lowest BCUT2D eigenvalue weighted by Gasteiger charge is -2.33. The smallest absolute Gasteiger partial charge is 0.277 e. The lowest BCUT2D eigenvalue weighted by atomic mass is 9.93. The molecular weight excluding hydrogens is 412 g/mol. The Bertz CT molecular complexity index is 959. The predicted molar refractivity (Wildman–Crippen MR) is 122 cm³/mol. The molecule has 8 nitrogen and oxygen atoms in total. The van der Waals surface area contributed by atoms with Crippen LogP contribution in [0.5, 0.6) is 17.2 Å². The Morgan fingerprint density at radius 2 is 1.66 bits per heavy atom. The summed E-state index contributed by atoms with van der Waals surface area (Å²) in [5.41, 5.74) is 1.07. The lowest BCUT2D eigenvalue weighted by Crippen LogP contribution is -2.41. The zero-order chi connectivity index (χ0) is 23.3. The second-order valence-electron chi connectivity index (χ2n) is 7.79. The SMILES string of the molecule is CCN(C(=O)c1ccc(-c2cc(OC)c(OC)c(OC)c2)c([N+](=O)[O-])c1)C1CCCCC1. The number of hydrogen-bond acceptors (Lipinski definition) is 6. The fourth-order valence-corrected chi connectivity index (χ4v) is 4.42. The van der Waals surface area contributed by atoms with Crippen LogP contribution in [0, 0.1) is 10.1 Å². The Hall–Kier alpha value is -3.29. The van der Waals surface area contributed by atoms with Gasteiger partial charge in [-0.25, -0.2) is 0 Å². The van der Waals surface area contributed by atoms with Crippen LogP contribution in [0.2, 0.25) is 0 Å². The van der Waals surface area contributed by atoms with Crippen LogP contribution in [-0.4, -0.2) is 49.6 Å². The highest BCUT2D eigenvalue weighted by atomic mass is 16.6. The Kier molecular flexibility index (Phi) is 7.56. The highest BCUT2D eigenvalue weighted by Gasteiger charge is 2.27. The topological polar surface area (TPSA) is 91.1 Å². The summed E-state index contributed by atoms with van der Waals surface area (Å²) in [6, 6.07) is 8.14. The summed E-state index contributed by atoms with van der Waals surface area (Å²) < 4.78 is 16.1. The average molecular weight is 443 g/mol. The maximum atomic E-state index is 13.2. The van der Waals surface area contributed by atoms with Gasteiger partial charge in [0.15, 0.2) is 11.5 Å². The number of ether oxygens (including phenoxy) is 3. The van der Waals surface area contributed by atoms with Crippen LogP contribution in [-0.2, 0) is 0 Å². The molecule has 3 rings (SSSR count). The molecule has 32 heavy (non-hydrogen) atoms. The maximum absolute atomic E-state index is 13.2. The van der Waals surface area contributed by atoms with E-state index in [2.05, 4.69) is 0 Å². The normalized spacial score (nSPS) is 14.0. The fraction of sp³-hybridized carbons (Fsp3) is 0.458. The summed E-state index contributed by atoms with van der Waals surface area (Å²) in [7, 11) is 4.47. The highest BCUT2D eigenvalue weighted by Crippen LogP contribution is 2.43. The second kappa shape index (κ2) is 10.3. The summed E-state index contributed by atoms with van der Waals surface area (Å²) in [6.07, 6.45) is 5.36. The number of benzene rings is 2. The van der Waals surface area contributed by atoms with Crippen LogP contribution in [0.25, 0.3) is 11.1 Å². The molecule has 1 fully saturated rings. The van der Waals surface area contributed by atoms with Gasteiger partial charge < -0.3 is 19.1 Å². The van der Waals surface area contributed by atoms with Crippen molar-refractivity contribution < 1.29 is 23.9 Å². The molecular formula is C24H30N2O6. The number of amides is 1. The van der Waals surface area contributed by atoms with Gasteiger partial charge in [0.1, 0.15) is 0 Å². The van der Waals surface area contributed by atoms with Gasteiger partial charge in [0.25, 0.3) is 11.6 Å². The summed E-state index contributed by atoms with van der Waals surface area (Å²) in [4.78, 5) is 26.5. The Morgan fingerprint density at radius 1 is 1.03 bits per heavy atom. The van der Waals surface area contributed by atoms with Crippen molar-refractivity contribution >= 4 is 11.6 Å². The van der Waals surface area contributed by atoms with Crippen molar-refractivity contribution in [1.82, 2.24) is 4.90 Å². The summed E-state index contributed by atoms with van der Waals surface area (Å²) in [5.74, 6) is 1.02. The summed E-state index contributed by atoms with van der Waals surface area (Å²) >= 11 is 0. The first-order chi connectivity index (χ1) is 15.4.